The first-order chi connectivity index (χ1) is 25.8. The van der Waals surface area contributed by atoms with E-state index in [4.69, 9.17) is 4.74 Å². The summed E-state index contributed by atoms with van der Waals surface area (Å²) in [5, 5.41) is 4.79. The van der Waals surface area contributed by atoms with Gasteiger partial charge in [0, 0.05) is 27.7 Å². The maximum absolute atomic E-state index is 6.65. The number of fused-ring (bicyclic) bond motifs is 3. The Morgan fingerprint density at radius 3 is 1.63 bits per heavy atom. The minimum absolute atomic E-state index is 0.880. The fourth-order valence-electron chi connectivity index (χ4n) is 7.75. The van der Waals surface area contributed by atoms with Gasteiger partial charge in [0.2, 0.25) is 0 Å². The van der Waals surface area contributed by atoms with Gasteiger partial charge in [-0.15, -0.1) is 0 Å². The maximum Gasteiger partial charge on any atom is 0.135 e. The number of anilines is 3. The molecule has 1 heterocycles. The van der Waals surface area contributed by atoms with Gasteiger partial charge in [-0.3, -0.25) is 0 Å². The second-order valence-corrected chi connectivity index (χ2v) is 13.3. The number of nitrogens with zero attached hydrogens (tertiary/aromatic N) is 1. The number of hydrogen-bond acceptors (Lipinski definition) is 2. The summed E-state index contributed by atoms with van der Waals surface area (Å²) in [5.74, 6) is 1.78. The molecular weight excluding hydrogens is 631 g/mol. The zero-order valence-electron chi connectivity index (χ0n) is 28.4. The van der Waals surface area contributed by atoms with E-state index in [9.17, 15) is 0 Å². The Bertz CT molecular complexity index is 2730. The van der Waals surface area contributed by atoms with Crippen LogP contribution in [0, 0.1) is 0 Å². The van der Waals surface area contributed by atoms with Crippen molar-refractivity contribution in [3.8, 4) is 56.0 Å². The molecular formula is C50H33NO. The van der Waals surface area contributed by atoms with Crippen molar-refractivity contribution in [2.75, 3.05) is 4.90 Å². The van der Waals surface area contributed by atoms with Gasteiger partial charge in [0.25, 0.3) is 0 Å². The van der Waals surface area contributed by atoms with Crippen LogP contribution in [0.25, 0.3) is 66.1 Å². The molecule has 1 aliphatic rings. The van der Waals surface area contributed by atoms with Crippen molar-refractivity contribution in [3.05, 3.63) is 200 Å². The second kappa shape index (κ2) is 12.5. The summed E-state index contributed by atoms with van der Waals surface area (Å²) < 4.78 is 6.65. The lowest BCUT2D eigenvalue weighted by Gasteiger charge is -2.27. The van der Waals surface area contributed by atoms with Crippen LogP contribution in [0.2, 0.25) is 0 Å². The fourth-order valence-corrected chi connectivity index (χ4v) is 7.75. The van der Waals surface area contributed by atoms with Gasteiger partial charge in [0.15, 0.2) is 0 Å². The summed E-state index contributed by atoms with van der Waals surface area (Å²) in [7, 11) is 0. The normalized spacial score (nSPS) is 11.6. The average molecular weight is 664 g/mol. The Labute approximate surface area is 303 Å². The SMILES string of the molecule is c1ccc(-c2ccc(N(c3ccc(-c4ccc5c(c4)Oc4ccc(-c6ccccc6)c6cccc-5c46)cc3)c3cccc4ccccc34)cc2)cc1. The van der Waals surface area contributed by atoms with Crippen molar-refractivity contribution in [3.63, 3.8) is 0 Å². The quantitative estimate of drug-likeness (QED) is 0.176. The molecule has 244 valence electrons. The van der Waals surface area contributed by atoms with E-state index in [-0.39, 0.29) is 0 Å². The molecule has 0 saturated heterocycles. The molecule has 0 unspecified atom stereocenters. The van der Waals surface area contributed by atoms with Crippen LogP contribution in [0.1, 0.15) is 0 Å². The molecule has 0 N–H and O–H groups in total. The highest BCUT2D eigenvalue weighted by molar-refractivity contribution is 6.10. The van der Waals surface area contributed by atoms with Crippen molar-refractivity contribution in [2.45, 2.75) is 0 Å². The molecule has 0 aromatic heterocycles. The molecule has 2 nitrogen and oxygen atoms in total. The number of hydrogen-bond donors (Lipinski definition) is 0. The van der Waals surface area contributed by atoms with Crippen molar-refractivity contribution < 1.29 is 4.74 Å². The molecule has 9 aromatic rings. The van der Waals surface area contributed by atoms with Crippen molar-refractivity contribution in [1.29, 1.82) is 0 Å². The Hall–Kier alpha value is -6.90. The van der Waals surface area contributed by atoms with Gasteiger partial charge < -0.3 is 9.64 Å². The highest BCUT2D eigenvalue weighted by Crippen LogP contribution is 2.49. The Balaban J connectivity index is 1.02. The number of benzene rings is 9. The Morgan fingerprint density at radius 1 is 0.327 bits per heavy atom. The van der Waals surface area contributed by atoms with Crippen LogP contribution in [0.4, 0.5) is 17.1 Å². The van der Waals surface area contributed by atoms with Gasteiger partial charge in [-0.05, 0) is 98.2 Å². The van der Waals surface area contributed by atoms with E-state index in [0.29, 0.717) is 0 Å². The van der Waals surface area contributed by atoms with Crippen molar-refractivity contribution in [1.82, 2.24) is 0 Å². The molecule has 0 fully saturated rings. The second-order valence-electron chi connectivity index (χ2n) is 13.3. The van der Waals surface area contributed by atoms with Crippen LogP contribution in [0.15, 0.2) is 200 Å². The Morgan fingerprint density at radius 2 is 0.885 bits per heavy atom. The molecule has 2 heteroatoms. The zero-order chi connectivity index (χ0) is 34.4. The Kier molecular flexibility index (Phi) is 7.18. The topological polar surface area (TPSA) is 12.5 Å². The molecule has 0 spiro atoms. The monoisotopic (exact) mass is 663 g/mol. The molecule has 0 aliphatic carbocycles. The molecule has 0 amide bonds. The van der Waals surface area contributed by atoms with Gasteiger partial charge in [-0.25, -0.2) is 0 Å². The first kappa shape index (κ1) is 30.0. The van der Waals surface area contributed by atoms with Crippen LogP contribution < -0.4 is 9.64 Å². The molecule has 9 aromatic carbocycles. The summed E-state index contributed by atoms with van der Waals surface area (Å²) in [6.45, 7) is 0. The van der Waals surface area contributed by atoms with Gasteiger partial charge in [-0.1, -0.05) is 152 Å². The molecule has 1 aliphatic heterocycles. The third-order valence-corrected chi connectivity index (χ3v) is 10.3. The third kappa shape index (κ3) is 5.12. The minimum Gasteiger partial charge on any atom is -0.456 e. The van der Waals surface area contributed by atoms with E-state index in [2.05, 4.69) is 205 Å². The maximum atomic E-state index is 6.65. The predicted molar refractivity (Wildman–Crippen MR) is 218 cm³/mol. The zero-order valence-corrected chi connectivity index (χ0v) is 28.4. The summed E-state index contributed by atoms with van der Waals surface area (Å²) >= 11 is 0. The van der Waals surface area contributed by atoms with Crippen LogP contribution in [-0.2, 0) is 0 Å². The molecule has 52 heavy (non-hydrogen) atoms. The molecule has 10 rings (SSSR count). The smallest absolute Gasteiger partial charge is 0.135 e. The van der Waals surface area contributed by atoms with Crippen LogP contribution in [0.3, 0.4) is 0 Å². The van der Waals surface area contributed by atoms with E-state index >= 15 is 0 Å². The largest absolute Gasteiger partial charge is 0.456 e. The average Bonchev–Trinajstić information content (AvgIpc) is 3.22. The first-order valence-electron chi connectivity index (χ1n) is 17.8. The van der Waals surface area contributed by atoms with Crippen molar-refractivity contribution >= 4 is 38.6 Å². The first-order valence-corrected chi connectivity index (χ1v) is 17.8. The minimum atomic E-state index is 0.880. The number of ether oxygens (including phenoxy) is 1. The predicted octanol–water partition coefficient (Wildman–Crippen LogP) is 14.2. The van der Waals surface area contributed by atoms with E-state index in [0.717, 1.165) is 45.3 Å². The van der Waals surface area contributed by atoms with E-state index in [1.807, 2.05) is 0 Å². The standard InChI is InChI=1S/C50H33NO/c1-3-11-34(12-4-1)35-21-26-40(27-22-35)51(47-20-9-16-38-15-7-8-17-43(38)47)41-28-23-36(24-29-41)39-25-30-44-46-19-10-18-45-42(37-13-5-2-6-14-37)31-32-48(50(45)46)52-49(44)33-39/h1-33H. The van der Waals surface area contributed by atoms with Crippen LogP contribution in [0.5, 0.6) is 11.5 Å². The fraction of sp³-hybridized carbons (Fsp3) is 0. The highest BCUT2D eigenvalue weighted by atomic mass is 16.5. The van der Waals surface area contributed by atoms with Gasteiger partial charge in [0.05, 0.1) is 5.69 Å². The summed E-state index contributed by atoms with van der Waals surface area (Å²) in [6.07, 6.45) is 0. The van der Waals surface area contributed by atoms with Gasteiger partial charge in [-0.2, -0.15) is 0 Å². The highest BCUT2D eigenvalue weighted by Gasteiger charge is 2.22. The van der Waals surface area contributed by atoms with E-state index in [1.165, 1.54) is 49.4 Å². The molecule has 0 radical (unpaired) electrons. The van der Waals surface area contributed by atoms with Crippen molar-refractivity contribution in [2.24, 2.45) is 0 Å². The van der Waals surface area contributed by atoms with E-state index in [1.54, 1.807) is 0 Å². The van der Waals surface area contributed by atoms with E-state index < -0.39 is 0 Å². The lowest BCUT2D eigenvalue weighted by molar-refractivity contribution is 0.487. The summed E-state index contributed by atoms with van der Waals surface area (Å²) in [4.78, 5) is 2.36. The summed E-state index contributed by atoms with van der Waals surface area (Å²) in [6, 6.07) is 71.5. The van der Waals surface area contributed by atoms with Crippen LogP contribution in [-0.4, -0.2) is 0 Å². The van der Waals surface area contributed by atoms with Crippen LogP contribution >= 0.6 is 0 Å². The number of rotatable bonds is 6. The van der Waals surface area contributed by atoms with Gasteiger partial charge >= 0.3 is 0 Å². The molecule has 0 saturated carbocycles. The lowest BCUT2D eigenvalue weighted by Crippen LogP contribution is -2.10. The molecule has 0 atom stereocenters. The van der Waals surface area contributed by atoms with Gasteiger partial charge in [0.1, 0.15) is 11.5 Å². The molecule has 0 bridgehead atoms. The third-order valence-electron chi connectivity index (χ3n) is 10.3. The summed E-state index contributed by atoms with van der Waals surface area (Å²) in [5.41, 5.74) is 12.7. The lowest BCUT2D eigenvalue weighted by atomic mass is 9.89.